The number of sulfone groups is 1. The van der Waals surface area contributed by atoms with Crippen molar-refractivity contribution in [2.24, 2.45) is 11.8 Å². The van der Waals surface area contributed by atoms with E-state index in [4.69, 9.17) is 4.65 Å². The summed E-state index contributed by atoms with van der Waals surface area (Å²) in [6.45, 7) is 1.91. The van der Waals surface area contributed by atoms with E-state index >= 15 is 0 Å². The largest absolute Gasteiger partial charge is 0.552 e. The van der Waals surface area contributed by atoms with E-state index in [0.717, 1.165) is 47.9 Å². The summed E-state index contributed by atoms with van der Waals surface area (Å²) in [7, 11) is -3.90. The van der Waals surface area contributed by atoms with Gasteiger partial charge in [-0.15, -0.1) is 0 Å². The molecule has 1 saturated carbocycles. The fourth-order valence-corrected chi connectivity index (χ4v) is 6.35. The Morgan fingerprint density at radius 2 is 2.11 bits per heavy atom. The summed E-state index contributed by atoms with van der Waals surface area (Å²) < 4.78 is 29.8. The van der Waals surface area contributed by atoms with E-state index in [1.54, 1.807) is 12.2 Å². The molecule has 4 rings (SSSR count). The monoisotopic (exact) mass is 388 g/mol. The first-order valence-corrected chi connectivity index (χ1v) is 11.5. The zero-order chi connectivity index (χ0) is 19.0. The summed E-state index contributed by atoms with van der Waals surface area (Å²) in [6.07, 6.45) is 7.86. The highest BCUT2D eigenvalue weighted by molar-refractivity contribution is 7.91. The van der Waals surface area contributed by atoms with E-state index in [2.05, 4.69) is 9.97 Å². The molecule has 1 aliphatic heterocycles. The maximum Gasteiger partial charge on any atom is 0.552 e. The predicted octanol–water partition coefficient (Wildman–Crippen LogP) is 2.99. The first-order chi connectivity index (χ1) is 13.0. The second-order valence-electron chi connectivity index (χ2n) is 7.70. The van der Waals surface area contributed by atoms with Gasteiger partial charge in [0.1, 0.15) is 11.4 Å². The van der Waals surface area contributed by atoms with Crippen LogP contribution in [0, 0.1) is 11.8 Å². The Morgan fingerprint density at radius 1 is 1.33 bits per heavy atom. The fourth-order valence-electron chi connectivity index (χ4n) is 4.51. The number of rotatable bonds is 5. The van der Waals surface area contributed by atoms with Crippen LogP contribution in [0.25, 0.3) is 16.6 Å². The molecule has 0 amide bonds. The van der Waals surface area contributed by atoms with Gasteiger partial charge < -0.3 is 14.7 Å². The van der Waals surface area contributed by atoms with Crippen molar-refractivity contribution in [3.8, 4) is 5.75 Å². The Bertz CT molecular complexity index is 961. The molecule has 6 nitrogen and oxygen atoms in total. The van der Waals surface area contributed by atoms with Gasteiger partial charge in [0.05, 0.1) is 11.9 Å². The lowest BCUT2D eigenvalue weighted by Crippen LogP contribution is -2.28. The van der Waals surface area contributed by atoms with Crippen LogP contribution in [0.4, 0.5) is 0 Å². The third-order valence-corrected chi connectivity index (χ3v) is 7.71. The zero-order valence-corrected chi connectivity index (χ0v) is 16.3. The molecule has 2 aromatic heterocycles. The van der Waals surface area contributed by atoms with Crippen LogP contribution in [-0.4, -0.2) is 42.0 Å². The van der Waals surface area contributed by atoms with Crippen LogP contribution in [0.3, 0.4) is 0 Å². The Balaban J connectivity index is 1.54. The van der Waals surface area contributed by atoms with Crippen LogP contribution in [0.15, 0.2) is 24.4 Å². The molecule has 0 bridgehead atoms. The Morgan fingerprint density at radius 3 is 2.85 bits per heavy atom. The van der Waals surface area contributed by atoms with Crippen molar-refractivity contribution in [2.45, 2.75) is 39.0 Å². The molecule has 144 valence electrons. The molecule has 8 heteroatoms. The summed E-state index contributed by atoms with van der Waals surface area (Å²) in [4.78, 5) is 7.48. The molecule has 2 aliphatic rings. The van der Waals surface area contributed by atoms with E-state index in [-0.39, 0.29) is 11.7 Å². The van der Waals surface area contributed by atoms with Crippen molar-refractivity contribution in [3.63, 3.8) is 0 Å². The number of aromatic nitrogens is 2. The summed E-state index contributed by atoms with van der Waals surface area (Å²) in [5.41, 5.74) is 2.92. The molecule has 0 aromatic carbocycles. The molecular weight excluding hydrogens is 363 g/mol. The molecule has 0 saturated heterocycles. The second-order valence-corrected chi connectivity index (χ2v) is 9.93. The third kappa shape index (κ3) is 3.78. The van der Waals surface area contributed by atoms with Crippen LogP contribution in [0.5, 0.6) is 5.75 Å². The summed E-state index contributed by atoms with van der Waals surface area (Å²) >= 11 is 0. The molecule has 2 aromatic rings. The Labute approximate surface area is 160 Å². The van der Waals surface area contributed by atoms with Gasteiger partial charge in [-0.2, -0.15) is 0 Å². The molecule has 0 atom stereocenters. The third-order valence-electron chi connectivity index (χ3n) is 5.70. The van der Waals surface area contributed by atoms with Crippen molar-refractivity contribution >= 4 is 33.6 Å². The zero-order valence-electron chi connectivity index (χ0n) is 15.5. The standard InChI is InChI=1S/C19H25BN2O4S/c1-2-9-27(24,25)12-13-3-5-14(6-4-13)16-10-20(23)26-17-11-22-19-15(18(16)17)7-8-21-19/h7-8,10-11,13-14,23H,2-6,9,12H2,1H3,(H,21,22). The number of nitrogens with one attached hydrogen (secondary N) is 1. The molecule has 1 aliphatic carbocycles. The minimum absolute atomic E-state index is 0.243. The van der Waals surface area contributed by atoms with Crippen molar-refractivity contribution in [3.05, 3.63) is 30.0 Å². The molecular formula is C19H25BN2O4S. The number of hydrogen-bond acceptors (Lipinski definition) is 5. The maximum atomic E-state index is 12.1. The van der Waals surface area contributed by atoms with E-state index in [9.17, 15) is 13.4 Å². The first-order valence-electron chi connectivity index (χ1n) is 9.70. The van der Waals surface area contributed by atoms with Gasteiger partial charge in [-0.25, -0.2) is 13.4 Å². The summed E-state index contributed by atoms with van der Waals surface area (Å²) in [5, 5.41) is 11.1. The number of hydrogen-bond donors (Lipinski definition) is 2. The number of pyridine rings is 1. The Hall–Kier alpha value is -1.80. The topological polar surface area (TPSA) is 92.3 Å². The van der Waals surface area contributed by atoms with E-state index < -0.39 is 17.0 Å². The average Bonchev–Trinajstić information content (AvgIpc) is 3.10. The van der Waals surface area contributed by atoms with Gasteiger partial charge in [0.25, 0.3) is 0 Å². The normalized spacial score (nSPS) is 23.0. The molecule has 0 unspecified atom stereocenters. The van der Waals surface area contributed by atoms with Gasteiger partial charge >= 0.3 is 7.12 Å². The first kappa shape index (κ1) is 18.6. The Kier molecular flexibility index (Phi) is 5.03. The van der Waals surface area contributed by atoms with Crippen LogP contribution >= 0.6 is 0 Å². The van der Waals surface area contributed by atoms with Crippen LogP contribution in [0.2, 0.25) is 0 Å². The molecule has 1 fully saturated rings. The highest BCUT2D eigenvalue weighted by Crippen LogP contribution is 2.44. The minimum atomic E-state index is -2.94. The summed E-state index contributed by atoms with van der Waals surface area (Å²) in [6, 6.07) is 1.99. The SMILES string of the molecule is CCCS(=O)(=O)CC1CCC(C2=CB(O)Oc3cnc4[nH]ccc4c32)CC1. The average molecular weight is 388 g/mol. The highest BCUT2D eigenvalue weighted by atomic mass is 32.2. The molecule has 27 heavy (non-hydrogen) atoms. The van der Waals surface area contributed by atoms with Crippen LogP contribution in [0.1, 0.15) is 44.6 Å². The van der Waals surface area contributed by atoms with Crippen molar-refractivity contribution in [1.29, 1.82) is 0 Å². The molecule has 0 radical (unpaired) electrons. The summed E-state index contributed by atoms with van der Waals surface area (Å²) in [5.74, 6) is 3.54. The second kappa shape index (κ2) is 7.32. The maximum absolute atomic E-state index is 12.1. The number of H-pyrrole nitrogens is 1. The number of fused-ring (bicyclic) bond motifs is 3. The number of nitrogens with zero attached hydrogens (tertiary/aromatic N) is 1. The quantitative estimate of drug-likeness (QED) is 0.769. The lowest BCUT2D eigenvalue weighted by molar-refractivity contribution is 0.336. The molecule has 3 heterocycles. The van der Waals surface area contributed by atoms with Gasteiger partial charge in [0.15, 0.2) is 9.84 Å². The lowest BCUT2D eigenvalue weighted by atomic mass is 9.71. The minimum Gasteiger partial charge on any atom is -0.531 e. The van der Waals surface area contributed by atoms with Gasteiger partial charge in [-0.3, -0.25) is 0 Å². The van der Waals surface area contributed by atoms with Gasteiger partial charge in [0.2, 0.25) is 0 Å². The van der Waals surface area contributed by atoms with Gasteiger partial charge in [-0.1, -0.05) is 6.92 Å². The number of allylic oxidation sites excluding steroid dienone is 1. The van der Waals surface area contributed by atoms with Gasteiger partial charge in [-0.05, 0) is 61.6 Å². The smallest absolute Gasteiger partial charge is 0.531 e. The van der Waals surface area contributed by atoms with E-state index in [1.165, 1.54) is 0 Å². The lowest BCUT2D eigenvalue weighted by Gasteiger charge is -2.32. The van der Waals surface area contributed by atoms with Crippen LogP contribution in [-0.2, 0) is 9.84 Å². The number of aromatic amines is 1. The molecule has 2 N–H and O–H groups in total. The van der Waals surface area contributed by atoms with Crippen LogP contribution < -0.4 is 4.65 Å². The predicted molar refractivity (Wildman–Crippen MR) is 107 cm³/mol. The molecule has 0 spiro atoms. The van der Waals surface area contributed by atoms with Crippen molar-refractivity contribution in [1.82, 2.24) is 9.97 Å². The van der Waals surface area contributed by atoms with Crippen molar-refractivity contribution < 1.29 is 18.1 Å². The highest BCUT2D eigenvalue weighted by Gasteiger charge is 2.33. The van der Waals surface area contributed by atoms with E-state index in [0.29, 0.717) is 23.8 Å². The van der Waals surface area contributed by atoms with Gasteiger partial charge in [0, 0.05) is 22.9 Å². The van der Waals surface area contributed by atoms with E-state index in [1.807, 2.05) is 19.2 Å². The van der Waals surface area contributed by atoms with Crippen molar-refractivity contribution in [2.75, 3.05) is 11.5 Å². The fraction of sp³-hybridized carbons (Fsp3) is 0.526.